The molecule has 1 amide bonds. The number of halogens is 2. The van der Waals surface area contributed by atoms with Crippen molar-refractivity contribution in [1.29, 1.82) is 0 Å². The molecule has 3 aromatic rings. The highest BCUT2D eigenvalue weighted by molar-refractivity contribution is 6.30. The van der Waals surface area contributed by atoms with Crippen molar-refractivity contribution in [2.75, 3.05) is 13.1 Å². The highest BCUT2D eigenvalue weighted by Gasteiger charge is 2.27. The second-order valence-corrected chi connectivity index (χ2v) is 7.10. The lowest BCUT2D eigenvalue weighted by Gasteiger charge is -2.31. The molecule has 0 spiro atoms. The Kier molecular flexibility index (Phi) is 4.95. The molecule has 144 valence electrons. The Balaban J connectivity index is 1.45. The molecule has 2 aromatic heterocycles. The number of hydrogen-bond donors (Lipinski definition) is 1. The van der Waals surface area contributed by atoms with E-state index in [1.54, 1.807) is 11.0 Å². The maximum Gasteiger partial charge on any atom is 0.348 e. The third-order valence-corrected chi connectivity index (χ3v) is 5.03. The molecule has 4 rings (SSSR count). The summed E-state index contributed by atoms with van der Waals surface area (Å²) in [6.07, 6.45) is 4.34. The van der Waals surface area contributed by atoms with Crippen LogP contribution in [0.5, 0.6) is 0 Å². The molecule has 1 aromatic carbocycles. The summed E-state index contributed by atoms with van der Waals surface area (Å²) in [5, 5.41) is 4.79. The summed E-state index contributed by atoms with van der Waals surface area (Å²) in [6, 6.07) is 7.17. The van der Waals surface area contributed by atoms with Gasteiger partial charge in [0.25, 0.3) is 5.91 Å². The van der Waals surface area contributed by atoms with Gasteiger partial charge in [0, 0.05) is 31.4 Å². The average Bonchev–Trinajstić information content (AvgIpc) is 3.10. The molecule has 0 unspecified atom stereocenters. The molecule has 1 aliphatic rings. The number of amides is 1. The molecule has 1 aliphatic heterocycles. The van der Waals surface area contributed by atoms with Crippen LogP contribution in [0, 0.1) is 5.82 Å². The van der Waals surface area contributed by atoms with Gasteiger partial charge in [0.15, 0.2) is 0 Å². The van der Waals surface area contributed by atoms with Crippen LogP contribution in [-0.4, -0.2) is 43.6 Å². The monoisotopic (exact) mass is 401 g/mol. The Morgan fingerprint density at radius 2 is 1.89 bits per heavy atom. The van der Waals surface area contributed by atoms with Gasteiger partial charge in [0.2, 0.25) is 0 Å². The summed E-state index contributed by atoms with van der Waals surface area (Å²) in [4.78, 5) is 33.3. The highest BCUT2D eigenvalue weighted by atomic mass is 35.5. The molecule has 0 atom stereocenters. The Morgan fingerprint density at radius 3 is 2.57 bits per heavy atom. The predicted octanol–water partition coefficient (Wildman–Crippen LogP) is 2.77. The van der Waals surface area contributed by atoms with E-state index in [0.29, 0.717) is 48.0 Å². The molecule has 1 N–H and O–H groups in total. The van der Waals surface area contributed by atoms with Crippen molar-refractivity contribution >= 4 is 17.5 Å². The number of carbonyl (C=O) groups is 1. The number of nitrogens with one attached hydrogen (secondary N) is 1. The maximum absolute atomic E-state index is 13.1. The summed E-state index contributed by atoms with van der Waals surface area (Å²) < 4.78 is 14.3. The van der Waals surface area contributed by atoms with E-state index in [9.17, 15) is 14.0 Å². The molecular weight excluding hydrogens is 385 g/mol. The van der Waals surface area contributed by atoms with Crippen molar-refractivity contribution < 1.29 is 9.18 Å². The molecule has 3 heterocycles. The van der Waals surface area contributed by atoms with Gasteiger partial charge in [0.05, 0.1) is 16.3 Å². The van der Waals surface area contributed by atoms with Crippen molar-refractivity contribution in [2.24, 2.45) is 0 Å². The zero-order valence-electron chi connectivity index (χ0n) is 14.8. The SMILES string of the molecule is O=C(c1cncc(Cl)c1)N1CCC(c2nn(-c3ccc(F)cc3)c(=O)[nH]2)CC1. The third-order valence-electron chi connectivity index (χ3n) is 4.83. The normalized spacial score (nSPS) is 15.0. The molecular formula is C19H17ClFN5O2. The van der Waals surface area contributed by atoms with Crippen LogP contribution in [0.2, 0.25) is 5.02 Å². The van der Waals surface area contributed by atoms with Crippen molar-refractivity contribution in [2.45, 2.75) is 18.8 Å². The summed E-state index contributed by atoms with van der Waals surface area (Å²) in [7, 11) is 0. The Morgan fingerprint density at radius 1 is 1.18 bits per heavy atom. The van der Waals surface area contributed by atoms with Gasteiger partial charge < -0.3 is 4.90 Å². The van der Waals surface area contributed by atoms with E-state index in [1.807, 2.05) is 0 Å². The first-order valence-corrected chi connectivity index (χ1v) is 9.24. The minimum atomic E-state index is -0.375. The smallest absolute Gasteiger partial charge is 0.339 e. The number of aromatic nitrogens is 4. The van der Waals surface area contributed by atoms with Crippen LogP contribution in [0.1, 0.15) is 34.9 Å². The van der Waals surface area contributed by atoms with E-state index in [2.05, 4.69) is 15.1 Å². The summed E-state index contributed by atoms with van der Waals surface area (Å²) >= 11 is 5.91. The van der Waals surface area contributed by atoms with Gasteiger partial charge in [-0.15, -0.1) is 5.10 Å². The first-order chi connectivity index (χ1) is 13.5. The number of rotatable bonds is 3. The van der Waals surface area contributed by atoms with Crippen LogP contribution < -0.4 is 5.69 Å². The molecule has 1 fully saturated rings. The van der Waals surface area contributed by atoms with Crippen LogP contribution >= 0.6 is 11.6 Å². The van der Waals surface area contributed by atoms with Gasteiger partial charge in [-0.2, -0.15) is 4.68 Å². The summed E-state index contributed by atoms with van der Waals surface area (Å²) in [5.74, 6) is 0.125. The lowest BCUT2D eigenvalue weighted by Crippen LogP contribution is -2.38. The minimum absolute atomic E-state index is 0.0379. The average molecular weight is 402 g/mol. The number of H-pyrrole nitrogens is 1. The Hall–Kier alpha value is -3.00. The van der Waals surface area contributed by atoms with Crippen LogP contribution in [0.25, 0.3) is 5.69 Å². The van der Waals surface area contributed by atoms with Crippen molar-refractivity contribution in [3.05, 3.63) is 75.4 Å². The van der Waals surface area contributed by atoms with Crippen LogP contribution in [-0.2, 0) is 0 Å². The van der Waals surface area contributed by atoms with Gasteiger partial charge >= 0.3 is 5.69 Å². The van der Waals surface area contributed by atoms with Crippen molar-refractivity contribution in [1.82, 2.24) is 24.6 Å². The van der Waals surface area contributed by atoms with Crippen molar-refractivity contribution in [3.8, 4) is 5.69 Å². The number of pyridine rings is 1. The number of nitrogens with zero attached hydrogens (tertiary/aromatic N) is 4. The fraction of sp³-hybridized carbons (Fsp3) is 0.263. The highest BCUT2D eigenvalue weighted by Crippen LogP contribution is 2.26. The lowest BCUT2D eigenvalue weighted by atomic mass is 9.96. The van der Waals surface area contributed by atoms with Crippen LogP contribution in [0.4, 0.5) is 4.39 Å². The Bertz CT molecular complexity index is 1050. The number of aromatic amines is 1. The molecule has 0 saturated carbocycles. The van der Waals surface area contributed by atoms with Crippen molar-refractivity contribution in [3.63, 3.8) is 0 Å². The minimum Gasteiger partial charge on any atom is -0.339 e. The van der Waals surface area contributed by atoms with E-state index < -0.39 is 0 Å². The van der Waals surface area contributed by atoms with Gasteiger partial charge in [-0.25, -0.2) is 9.18 Å². The number of benzene rings is 1. The maximum atomic E-state index is 13.1. The van der Waals surface area contributed by atoms with Gasteiger partial charge in [-0.05, 0) is 43.2 Å². The summed E-state index contributed by atoms with van der Waals surface area (Å²) in [5.41, 5.74) is 0.583. The van der Waals surface area contributed by atoms with Gasteiger partial charge in [-0.1, -0.05) is 11.6 Å². The van der Waals surface area contributed by atoms with E-state index in [1.165, 1.54) is 41.3 Å². The molecule has 0 radical (unpaired) electrons. The molecule has 9 heteroatoms. The zero-order chi connectivity index (χ0) is 19.7. The number of hydrogen-bond acceptors (Lipinski definition) is 4. The number of piperidine rings is 1. The first-order valence-electron chi connectivity index (χ1n) is 8.86. The standard InChI is InChI=1S/C19H17ClFN5O2/c20-14-9-13(10-22-11-14)18(27)25-7-5-12(6-8-25)17-23-19(28)26(24-17)16-3-1-15(21)2-4-16/h1-4,9-12H,5-8H2,(H,23,24,28). The largest absolute Gasteiger partial charge is 0.348 e. The fourth-order valence-electron chi connectivity index (χ4n) is 3.35. The lowest BCUT2D eigenvalue weighted by molar-refractivity contribution is 0.0710. The topological polar surface area (TPSA) is 83.9 Å². The molecule has 7 nitrogen and oxygen atoms in total. The molecule has 0 aliphatic carbocycles. The Labute approximate surface area is 164 Å². The van der Waals surface area contributed by atoms with E-state index in [-0.39, 0.29) is 23.3 Å². The van der Waals surface area contributed by atoms with E-state index in [0.717, 1.165) is 0 Å². The fourth-order valence-corrected chi connectivity index (χ4v) is 3.52. The van der Waals surface area contributed by atoms with E-state index >= 15 is 0 Å². The number of likely N-dealkylation sites (tertiary alicyclic amines) is 1. The van der Waals surface area contributed by atoms with Crippen LogP contribution in [0.15, 0.2) is 47.5 Å². The third kappa shape index (κ3) is 3.68. The second-order valence-electron chi connectivity index (χ2n) is 6.66. The van der Waals surface area contributed by atoms with E-state index in [4.69, 9.17) is 11.6 Å². The van der Waals surface area contributed by atoms with Gasteiger partial charge in [-0.3, -0.25) is 14.8 Å². The molecule has 0 bridgehead atoms. The predicted molar refractivity (Wildman–Crippen MR) is 101 cm³/mol. The molecule has 1 saturated heterocycles. The summed E-state index contributed by atoms with van der Waals surface area (Å²) in [6.45, 7) is 1.09. The van der Waals surface area contributed by atoms with Crippen LogP contribution in [0.3, 0.4) is 0 Å². The van der Waals surface area contributed by atoms with Gasteiger partial charge in [0.1, 0.15) is 11.6 Å². The quantitative estimate of drug-likeness (QED) is 0.731. The second kappa shape index (κ2) is 7.55. The number of carbonyl (C=O) groups excluding carboxylic acids is 1. The molecule has 28 heavy (non-hydrogen) atoms. The first kappa shape index (κ1) is 18.4. The zero-order valence-corrected chi connectivity index (χ0v) is 15.6.